The molecule has 0 fully saturated rings. The second-order valence-electron chi connectivity index (χ2n) is 5.50. The number of esters is 1. The number of nitrogens with one attached hydrogen (secondary N) is 1. The number of methoxy groups -OCH3 is 1. The highest BCUT2D eigenvalue weighted by Crippen LogP contribution is 2.21. The van der Waals surface area contributed by atoms with Gasteiger partial charge in [0.05, 0.1) is 19.2 Å². The molecule has 1 N–H and O–H groups in total. The lowest BCUT2D eigenvalue weighted by Crippen LogP contribution is -2.17. The van der Waals surface area contributed by atoms with Gasteiger partial charge in [0.15, 0.2) is 0 Å². The predicted molar refractivity (Wildman–Crippen MR) is 96.4 cm³/mol. The van der Waals surface area contributed by atoms with E-state index in [2.05, 4.69) is 14.6 Å². The van der Waals surface area contributed by atoms with Crippen molar-refractivity contribution in [3.63, 3.8) is 0 Å². The molecule has 0 unspecified atom stereocenters. The molecule has 1 aromatic heterocycles. The minimum absolute atomic E-state index is 0.0183. The Morgan fingerprint density at radius 2 is 1.96 bits per heavy atom. The first-order valence-corrected chi connectivity index (χ1v) is 9.24. The van der Waals surface area contributed by atoms with Gasteiger partial charge in [-0.25, -0.2) is 13.2 Å². The van der Waals surface area contributed by atoms with Crippen LogP contribution in [-0.2, 0) is 21.3 Å². The molecule has 8 heteroatoms. The number of benzene rings is 2. The first kappa shape index (κ1) is 17.7. The molecule has 0 aliphatic carbocycles. The van der Waals surface area contributed by atoms with Crippen molar-refractivity contribution in [2.45, 2.75) is 11.4 Å². The largest absolute Gasteiger partial charge is 0.465 e. The maximum Gasteiger partial charge on any atom is 0.339 e. The van der Waals surface area contributed by atoms with Crippen LogP contribution in [0.1, 0.15) is 15.9 Å². The fraction of sp³-hybridized carbons (Fsp3) is 0.111. The van der Waals surface area contributed by atoms with Crippen LogP contribution in [-0.4, -0.2) is 31.3 Å². The van der Waals surface area contributed by atoms with Crippen molar-refractivity contribution < 1.29 is 17.9 Å². The lowest BCUT2D eigenvalue weighted by molar-refractivity contribution is 0.0596. The number of hydrogen-bond donors (Lipinski definition) is 1. The number of sulfonamides is 1. The molecule has 0 spiro atoms. The zero-order chi connectivity index (χ0) is 18.6. The van der Waals surface area contributed by atoms with Gasteiger partial charge in [0.2, 0.25) is 0 Å². The molecule has 2 aromatic carbocycles. The van der Waals surface area contributed by atoms with Gasteiger partial charge < -0.3 is 4.74 Å². The van der Waals surface area contributed by atoms with Crippen molar-refractivity contribution in [1.82, 2.24) is 9.78 Å². The fourth-order valence-electron chi connectivity index (χ4n) is 2.50. The smallest absolute Gasteiger partial charge is 0.339 e. The Morgan fingerprint density at radius 1 is 1.15 bits per heavy atom. The van der Waals surface area contributed by atoms with E-state index >= 15 is 0 Å². The predicted octanol–water partition coefficient (Wildman–Crippen LogP) is 2.52. The zero-order valence-corrected chi connectivity index (χ0v) is 14.8. The minimum atomic E-state index is -3.95. The molecule has 0 saturated heterocycles. The third-order valence-corrected chi connectivity index (χ3v) is 5.10. The van der Waals surface area contributed by atoms with Gasteiger partial charge in [0, 0.05) is 18.1 Å². The lowest BCUT2D eigenvalue weighted by atomic mass is 10.2. The zero-order valence-electron chi connectivity index (χ0n) is 14.0. The van der Waals surface area contributed by atoms with E-state index in [1.54, 1.807) is 41.2 Å². The van der Waals surface area contributed by atoms with E-state index in [1.165, 1.54) is 19.2 Å². The average molecular weight is 371 g/mol. The van der Waals surface area contributed by atoms with Crippen LogP contribution in [0.5, 0.6) is 0 Å². The molecule has 0 atom stereocenters. The summed E-state index contributed by atoms with van der Waals surface area (Å²) in [5, 5.41) is 4.13. The van der Waals surface area contributed by atoms with Crippen molar-refractivity contribution >= 4 is 21.7 Å². The van der Waals surface area contributed by atoms with Crippen molar-refractivity contribution in [2.75, 3.05) is 11.8 Å². The van der Waals surface area contributed by atoms with E-state index in [-0.39, 0.29) is 10.5 Å². The Labute approximate surface area is 151 Å². The van der Waals surface area contributed by atoms with E-state index in [0.717, 1.165) is 5.56 Å². The van der Waals surface area contributed by atoms with Crippen LogP contribution >= 0.6 is 0 Å². The van der Waals surface area contributed by atoms with E-state index < -0.39 is 16.0 Å². The topological polar surface area (TPSA) is 90.3 Å². The SMILES string of the molecule is COC(=O)c1ccccc1S(=O)(=O)Nc1cccc(Cn2cccn2)c1. The number of anilines is 1. The molecule has 0 amide bonds. The summed E-state index contributed by atoms with van der Waals surface area (Å²) in [4.78, 5) is 11.7. The molecular weight excluding hydrogens is 354 g/mol. The molecule has 26 heavy (non-hydrogen) atoms. The van der Waals surface area contributed by atoms with Gasteiger partial charge >= 0.3 is 5.97 Å². The van der Waals surface area contributed by atoms with Crippen molar-refractivity contribution in [3.05, 3.63) is 78.1 Å². The maximum atomic E-state index is 12.7. The third kappa shape index (κ3) is 3.92. The number of aromatic nitrogens is 2. The molecule has 1 heterocycles. The standard InChI is InChI=1S/C18H17N3O4S/c1-25-18(22)16-8-2-3-9-17(16)26(23,24)20-15-7-4-6-14(12-15)13-21-11-5-10-19-21/h2-12,20H,13H2,1H3. The molecule has 0 aliphatic heterocycles. The molecule has 0 aliphatic rings. The summed E-state index contributed by atoms with van der Waals surface area (Å²) in [5.74, 6) is -0.710. The molecular formula is C18H17N3O4S. The van der Waals surface area contributed by atoms with E-state index in [9.17, 15) is 13.2 Å². The first-order valence-electron chi connectivity index (χ1n) is 7.76. The second kappa shape index (κ2) is 7.40. The number of carbonyl (C=O) groups is 1. The van der Waals surface area contributed by atoms with Gasteiger partial charge in [-0.15, -0.1) is 0 Å². The van der Waals surface area contributed by atoms with Crippen LogP contribution in [0.25, 0.3) is 0 Å². The Hall–Kier alpha value is -3.13. The first-order chi connectivity index (χ1) is 12.5. The summed E-state index contributed by atoms with van der Waals surface area (Å²) in [7, 11) is -2.74. The van der Waals surface area contributed by atoms with Crippen LogP contribution in [0, 0.1) is 0 Å². The van der Waals surface area contributed by atoms with Gasteiger partial charge in [-0.1, -0.05) is 24.3 Å². The molecule has 7 nitrogen and oxygen atoms in total. The van der Waals surface area contributed by atoms with Gasteiger partial charge in [-0.05, 0) is 35.9 Å². The van der Waals surface area contributed by atoms with Crippen LogP contribution in [0.3, 0.4) is 0 Å². The minimum Gasteiger partial charge on any atom is -0.465 e. The van der Waals surface area contributed by atoms with Crippen molar-refractivity contribution in [3.8, 4) is 0 Å². The number of carbonyl (C=O) groups excluding carboxylic acids is 1. The normalized spacial score (nSPS) is 11.1. The molecule has 0 bridgehead atoms. The number of hydrogen-bond acceptors (Lipinski definition) is 5. The molecule has 3 aromatic rings. The summed E-state index contributed by atoms with van der Waals surface area (Å²) in [6.45, 7) is 0.515. The van der Waals surface area contributed by atoms with E-state index in [1.807, 2.05) is 18.3 Å². The Balaban J connectivity index is 1.88. The monoisotopic (exact) mass is 371 g/mol. The number of ether oxygens (including phenoxy) is 1. The highest BCUT2D eigenvalue weighted by molar-refractivity contribution is 7.92. The van der Waals surface area contributed by atoms with Crippen LogP contribution in [0.4, 0.5) is 5.69 Å². The Kier molecular flexibility index (Phi) is 5.04. The lowest BCUT2D eigenvalue weighted by Gasteiger charge is -2.12. The fourth-order valence-corrected chi connectivity index (χ4v) is 3.75. The molecule has 134 valence electrons. The Morgan fingerprint density at radius 3 is 2.69 bits per heavy atom. The number of rotatable bonds is 6. The van der Waals surface area contributed by atoms with Crippen LogP contribution in [0.15, 0.2) is 71.9 Å². The Bertz CT molecular complexity index is 1010. The van der Waals surface area contributed by atoms with Crippen molar-refractivity contribution in [1.29, 1.82) is 0 Å². The van der Waals surface area contributed by atoms with Crippen LogP contribution in [0.2, 0.25) is 0 Å². The summed E-state index contributed by atoms with van der Waals surface area (Å²) in [5.41, 5.74) is 1.26. The highest BCUT2D eigenvalue weighted by Gasteiger charge is 2.22. The number of nitrogens with zero attached hydrogens (tertiary/aromatic N) is 2. The molecule has 3 rings (SSSR count). The average Bonchev–Trinajstić information content (AvgIpc) is 3.14. The third-order valence-electron chi connectivity index (χ3n) is 3.66. The van der Waals surface area contributed by atoms with Gasteiger partial charge in [0.25, 0.3) is 10.0 Å². The quantitative estimate of drug-likeness (QED) is 0.673. The van der Waals surface area contributed by atoms with Gasteiger partial charge in [-0.2, -0.15) is 5.10 Å². The molecule has 0 saturated carbocycles. The van der Waals surface area contributed by atoms with Crippen LogP contribution < -0.4 is 4.72 Å². The summed E-state index contributed by atoms with van der Waals surface area (Å²) in [6.07, 6.45) is 3.50. The van der Waals surface area contributed by atoms with Gasteiger partial charge in [0.1, 0.15) is 4.90 Å². The van der Waals surface area contributed by atoms with E-state index in [4.69, 9.17) is 0 Å². The summed E-state index contributed by atoms with van der Waals surface area (Å²) >= 11 is 0. The summed E-state index contributed by atoms with van der Waals surface area (Å²) in [6, 6.07) is 14.7. The van der Waals surface area contributed by atoms with E-state index in [0.29, 0.717) is 12.2 Å². The highest BCUT2D eigenvalue weighted by atomic mass is 32.2. The van der Waals surface area contributed by atoms with Gasteiger partial charge in [-0.3, -0.25) is 9.40 Å². The second-order valence-corrected chi connectivity index (χ2v) is 7.15. The summed E-state index contributed by atoms with van der Waals surface area (Å²) < 4.78 is 34.4. The maximum absolute atomic E-state index is 12.7. The molecule has 0 radical (unpaired) electrons. The van der Waals surface area contributed by atoms with Crippen molar-refractivity contribution in [2.24, 2.45) is 0 Å².